The average Bonchev–Trinajstić information content (AvgIpc) is 3.19. The normalized spacial score (nSPS) is 16.9. The fourth-order valence-corrected chi connectivity index (χ4v) is 2.11. The highest BCUT2D eigenvalue weighted by molar-refractivity contribution is 5.83. The Morgan fingerprint density at radius 2 is 1.90 bits per heavy atom. The first-order valence-corrected chi connectivity index (χ1v) is 7.09. The highest BCUT2D eigenvalue weighted by Gasteiger charge is 2.38. The number of nitrogens with zero attached hydrogens (tertiary/aromatic N) is 1. The van der Waals surface area contributed by atoms with Crippen LogP contribution in [0.25, 0.3) is 0 Å². The van der Waals surface area contributed by atoms with Gasteiger partial charge in [0.25, 0.3) is 0 Å². The van der Waals surface area contributed by atoms with Crippen molar-refractivity contribution in [2.45, 2.75) is 52.2 Å². The van der Waals surface area contributed by atoms with E-state index in [2.05, 4.69) is 0 Å². The molecule has 1 amide bonds. The molecule has 1 atom stereocenters. The zero-order valence-corrected chi connectivity index (χ0v) is 12.4. The molecule has 1 aromatic carbocycles. The molecule has 0 aliphatic heterocycles. The fourth-order valence-electron chi connectivity index (χ4n) is 2.11. The molecule has 0 aromatic heterocycles. The molecule has 4 heteroatoms. The summed E-state index contributed by atoms with van der Waals surface area (Å²) >= 11 is 0. The molecule has 3 nitrogen and oxygen atoms in total. The van der Waals surface area contributed by atoms with E-state index in [4.69, 9.17) is 5.73 Å². The van der Waals surface area contributed by atoms with Crippen molar-refractivity contribution in [1.29, 1.82) is 0 Å². The Hall–Kier alpha value is -1.42. The number of halogens is 1. The van der Waals surface area contributed by atoms with Gasteiger partial charge in [-0.25, -0.2) is 4.39 Å². The van der Waals surface area contributed by atoms with Crippen LogP contribution in [0.1, 0.15) is 39.2 Å². The molecular weight excluding hydrogens is 255 g/mol. The topological polar surface area (TPSA) is 46.3 Å². The van der Waals surface area contributed by atoms with Gasteiger partial charge in [-0.1, -0.05) is 32.9 Å². The van der Waals surface area contributed by atoms with Gasteiger partial charge in [-0.2, -0.15) is 0 Å². The van der Waals surface area contributed by atoms with Crippen molar-refractivity contribution in [1.82, 2.24) is 4.90 Å². The maximum absolute atomic E-state index is 12.9. The van der Waals surface area contributed by atoms with Crippen LogP contribution in [-0.4, -0.2) is 22.9 Å². The number of hydrogen-bond donors (Lipinski definition) is 1. The number of amides is 1. The monoisotopic (exact) mass is 278 g/mol. The van der Waals surface area contributed by atoms with Gasteiger partial charge in [0.2, 0.25) is 5.91 Å². The summed E-state index contributed by atoms with van der Waals surface area (Å²) in [6.45, 7) is 6.42. The number of hydrogen-bond acceptors (Lipinski definition) is 2. The van der Waals surface area contributed by atoms with E-state index >= 15 is 0 Å². The lowest BCUT2D eigenvalue weighted by atomic mass is 9.86. The summed E-state index contributed by atoms with van der Waals surface area (Å²) in [6.07, 6.45) is 2.06. The molecule has 1 aliphatic carbocycles. The summed E-state index contributed by atoms with van der Waals surface area (Å²) < 4.78 is 12.9. The van der Waals surface area contributed by atoms with E-state index in [1.54, 1.807) is 12.1 Å². The lowest BCUT2D eigenvalue weighted by Crippen LogP contribution is -2.50. The van der Waals surface area contributed by atoms with E-state index in [1.165, 1.54) is 12.1 Å². The third-order valence-corrected chi connectivity index (χ3v) is 3.74. The van der Waals surface area contributed by atoms with E-state index in [-0.39, 0.29) is 17.1 Å². The Labute approximate surface area is 120 Å². The molecule has 1 aromatic rings. The minimum Gasteiger partial charge on any atom is -0.334 e. The lowest BCUT2D eigenvalue weighted by molar-refractivity contribution is -0.136. The van der Waals surface area contributed by atoms with E-state index < -0.39 is 6.04 Å². The van der Waals surface area contributed by atoms with Crippen LogP contribution in [0.4, 0.5) is 4.39 Å². The Kier molecular flexibility index (Phi) is 4.14. The molecule has 0 saturated heterocycles. The third-order valence-electron chi connectivity index (χ3n) is 3.74. The first-order chi connectivity index (χ1) is 9.29. The summed E-state index contributed by atoms with van der Waals surface area (Å²) in [7, 11) is 0. The number of carbonyl (C=O) groups is 1. The molecular formula is C16H23FN2O. The molecule has 1 saturated carbocycles. The molecule has 2 rings (SSSR count). The van der Waals surface area contributed by atoms with Crippen molar-refractivity contribution in [2.75, 3.05) is 0 Å². The number of rotatable bonds is 4. The summed E-state index contributed by atoms with van der Waals surface area (Å²) in [6, 6.07) is 6.08. The minimum absolute atomic E-state index is 0.00988. The van der Waals surface area contributed by atoms with Crippen molar-refractivity contribution < 1.29 is 9.18 Å². The van der Waals surface area contributed by atoms with Crippen molar-refractivity contribution in [3.63, 3.8) is 0 Å². The van der Waals surface area contributed by atoms with Crippen LogP contribution in [0.15, 0.2) is 24.3 Å². The molecule has 0 radical (unpaired) electrons. The second-order valence-corrected chi connectivity index (χ2v) is 6.67. The quantitative estimate of drug-likeness (QED) is 0.920. The van der Waals surface area contributed by atoms with Gasteiger partial charge in [-0.15, -0.1) is 0 Å². The Bertz CT molecular complexity index is 474. The van der Waals surface area contributed by atoms with E-state index in [0.717, 1.165) is 18.4 Å². The Morgan fingerprint density at radius 1 is 1.35 bits per heavy atom. The first kappa shape index (κ1) is 15.0. The Morgan fingerprint density at radius 3 is 2.35 bits per heavy atom. The predicted molar refractivity (Wildman–Crippen MR) is 77.4 cm³/mol. The van der Waals surface area contributed by atoms with Gasteiger partial charge in [0.1, 0.15) is 5.82 Å². The first-order valence-electron chi connectivity index (χ1n) is 7.09. The maximum Gasteiger partial charge on any atom is 0.240 e. The number of nitrogens with two attached hydrogens (primary N) is 1. The molecule has 0 heterocycles. The SMILES string of the molecule is CC(C)(C)[C@H](N)C(=O)N(Cc1ccc(F)cc1)C1CC1. The van der Waals surface area contributed by atoms with Crippen molar-refractivity contribution >= 4 is 5.91 Å². The summed E-state index contributed by atoms with van der Waals surface area (Å²) in [5.74, 6) is -0.270. The Balaban J connectivity index is 2.11. The van der Waals surface area contributed by atoms with Crippen LogP contribution in [-0.2, 0) is 11.3 Å². The van der Waals surface area contributed by atoms with Gasteiger partial charge in [0.15, 0.2) is 0 Å². The lowest BCUT2D eigenvalue weighted by Gasteiger charge is -2.32. The number of benzene rings is 1. The van der Waals surface area contributed by atoms with Gasteiger partial charge < -0.3 is 10.6 Å². The standard InChI is InChI=1S/C16H23FN2O/c1-16(2,3)14(18)15(20)19(13-8-9-13)10-11-4-6-12(17)7-5-11/h4-7,13-14H,8-10,18H2,1-3H3/t14-/m1/s1. The average molecular weight is 278 g/mol. The minimum atomic E-state index is -0.511. The van der Waals surface area contributed by atoms with Gasteiger partial charge in [-0.05, 0) is 36.0 Å². The van der Waals surface area contributed by atoms with Crippen LogP contribution >= 0.6 is 0 Å². The van der Waals surface area contributed by atoms with Crippen LogP contribution in [0.2, 0.25) is 0 Å². The molecule has 0 unspecified atom stereocenters. The fraction of sp³-hybridized carbons (Fsp3) is 0.562. The smallest absolute Gasteiger partial charge is 0.240 e. The van der Waals surface area contributed by atoms with Crippen molar-refractivity contribution in [3.05, 3.63) is 35.6 Å². The van der Waals surface area contributed by atoms with Gasteiger partial charge in [0, 0.05) is 12.6 Å². The van der Waals surface area contributed by atoms with Crippen LogP contribution in [0.3, 0.4) is 0 Å². The van der Waals surface area contributed by atoms with Gasteiger partial charge in [-0.3, -0.25) is 4.79 Å². The van der Waals surface area contributed by atoms with Gasteiger partial charge in [0.05, 0.1) is 6.04 Å². The third kappa shape index (κ3) is 3.57. The molecule has 2 N–H and O–H groups in total. The predicted octanol–water partition coefficient (Wildman–Crippen LogP) is 2.69. The summed E-state index contributed by atoms with van der Waals surface area (Å²) in [5.41, 5.74) is 6.77. The van der Waals surface area contributed by atoms with Crippen LogP contribution in [0.5, 0.6) is 0 Å². The summed E-state index contributed by atoms with van der Waals surface area (Å²) in [4.78, 5) is 14.4. The van der Waals surface area contributed by atoms with Crippen molar-refractivity contribution in [3.8, 4) is 0 Å². The van der Waals surface area contributed by atoms with Crippen molar-refractivity contribution in [2.24, 2.45) is 11.1 Å². The highest BCUT2D eigenvalue weighted by atomic mass is 19.1. The molecule has 0 spiro atoms. The second-order valence-electron chi connectivity index (χ2n) is 6.67. The van der Waals surface area contributed by atoms with Crippen LogP contribution in [0, 0.1) is 11.2 Å². The molecule has 20 heavy (non-hydrogen) atoms. The maximum atomic E-state index is 12.9. The van der Waals surface area contributed by atoms with E-state index in [9.17, 15) is 9.18 Å². The van der Waals surface area contributed by atoms with E-state index in [0.29, 0.717) is 12.6 Å². The van der Waals surface area contributed by atoms with Crippen LogP contribution < -0.4 is 5.73 Å². The van der Waals surface area contributed by atoms with E-state index in [1.807, 2.05) is 25.7 Å². The largest absolute Gasteiger partial charge is 0.334 e. The molecule has 1 fully saturated rings. The summed E-state index contributed by atoms with van der Waals surface area (Å²) in [5, 5.41) is 0. The zero-order chi connectivity index (χ0) is 14.9. The number of carbonyl (C=O) groups excluding carboxylic acids is 1. The molecule has 1 aliphatic rings. The second kappa shape index (κ2) is 5.52. The zero-order valence-electron chi connectivity index (χ0n) is 12.4. The molecule has 110 valence electrons. The molecule has 0 bridgehead atoms. The van der Waals surface area contributed by atoms with Gasteiger partial charge >= 0.3 is 0 Å². The highest BCUT2D eigenvalue weighted by Crippen LogP contribution is 2.31.